The van der Waals surface area contributed by atoms with Crippen LogP contribution < -0.4 is 0 Å². The summed E-state index contributed by atoms with van der Waals surface area (Å²) in [5, 5.41) is 28.7. The van der Waals surface area contributed by atoms with Gasteiger partial charge in [-0.2, -0.15) is 0 Å². The average molecular weight is 1080 g/mol. The topological polar surface area (TPSA) is 134 Å². The van der Waals surface area contributed by atoms with Crippen LogP contribution in [0.4, 0.5) is 0 Å². The molecule has 396 valence electrons. The minimum Gasteiger partial charge on any atom is -0.618 e. The van der Waals surface area contributed by atoms with Gasteiger partial charge in [0.1, 0.15) is 10.3 Å². The molecule has 4 aromatic carbocycles. The second-order valence-electron chi connectivity index (χ2n) is 23.9. The average Bonchev–Trinajstić information content (AvgIpc) is 4.10. The van der Waals surface area contributed by atoms with Crippen LogP contribution in [0.1, 0.15) is 158 Å². The molecule has 9 rings (SSSR count). The second kappa shape index (κ2) is 21.8. The van der Waals surface area contributed by atoms with E-state index in [1.807, 2.05) is 33.8 Å². The summed E-state index contributed by atoms with van der Waals surface area (Å²) >= 11 is 0. The van der Waals surface area contributed by atoms with Crippen molar-refractivity contribution in [3.8, 4) is 33.8 Å². The van der Waals surface area contributed by atoms with Crippen LogP contribution in [0.3, 0.4) is 0 Å². The van der Waals surface area contributed by atoms with Gasteiger partial charge in [0.25, 0.3) is 5.54 Å². The molecule has 1 aliphatic carbocycles. The quantitative estimate of drug-likeness (QED) is 0.0414. The van der Waals surface area contributed by atoms with Crippen molar-refractivity contribution in [2.45, 2.75) is 147 Å². The van der Waals surface area contributed by atoms with Gasteiger partial charge in [0.2, 0.25) is 17.1 Å². The van der Waals surface area contributed by atoms with Gasteiger partial charge in [-0.05, 0) is 138 Å². The predicted molar refractivity (Wildman–Crippen MR) is 309 cm³/mol. The SMILES string of the molecule is Cc1cc(-c2ccc(C(C)C)cc2)nn1[BH-](n1nc(-c2ccc(C(C)C)cc2)cc1C)n1nc(-c2ccc(C(C)C)cc2)cc1C.Cc1cc(C2=CC(=O)C(=O)C(C(C)(C)C)=C2)ccc1C1=[N+]([O-])C(C)(C)C(C)(C)[N+]1=O.[Zn]. The zero-order chi connectivity index (χ0) is 55.5. The van der Waals surface area contributed by atoms with Gasteiger partial charge in [0, 0.05) is 74.3 Å². The Kier molecular flexibility index (Phi) is 16.4. The number of hydrogen-bond donors (Lipinski definition) is 0. The Morgan fingerprint density at radius 2 is 0.909 bits per heavy atom. The van der Waals surface area contributed by atoms with Crippen LogP contribution in [-0.2, 0) is 29.1 Å². The Bertz CT molecular complexity index is 3260. The van der Waals surface area contributed by atoms with E-state index in [0.717, 1.165) is 71.5 Å². The van der Waals surface area contributed by atoms with Gasteiger partial charge in [-0.1, -0.05) is 147 Å². The monoisotopic (exact) mass is 1080 g/mol. The summed E-state index contributed by atoms with van der Waals surface area (Å²) in [4.78, 5) is 37.5. The predicted octanol–water partition coefficient (Wildman–Crippen LogP) is 13.3. The molecule has 12 nitrogen and oxygen atoms in total. The van der Waals surface area contributed by atoms with Crippen LogP contribution in [0.2, 0.25) is 0 Å². The van der Waals surface area contributed by atoms with Crippen molar-refractivity contribution in [1.82, 2.24) is 29.1 Å². The summed E-state index contributed by atoms with van der Waals surface area (Å²) in [6.07, 6.45) is 3.10. The summed E-state index contributed by atoms with van der Waals surface area (Å²) in [6.45, 7) is 34.3. The second-order valence-corrected chi connectivity index (χ2v) is 23.9. The number of rotatable bonds is 11. The number of ketones is 2. The molecule has 0 unspecified atom stereocenters. The molecule has 0 amide bonds. The van der Waals surface area contributed by atoms with Gasteiger partial charge in [0.15, 0.2) is 0 Å². The molecule has 77 heavy (non-hydrogen) atoms. The maximum Gasteiger partial charge on any atom is 0.505 e. The summed E-state index contributed by atoms with van der Waals surface area (Å²) in [5.41, 5.74) is 14.3. The molecule has 0 N–H and O–H groups in total. The maximum atomic E-state index is 13.0. The number of benzene rings is 4. The summed E-state index contributed by atoms with van der Waals surface area (Å²) in [7, 11) is -1.61. The van der Waals surface area contributed by atoms with Crippen LogP contribution >= 0.6 is 0 Å². The molecule has 0 fully saturated rings. The molecular formula is C63H75BN8O4Zn. The van der Waals surface area contributed by atoms with Crippen LogP contribution in [0, 0.1) is 43.2 Å². The molecule has 14 heteroatoms. The first-order chi connectivity index (χ1) is 35.6. The van der Waals surface area contributed by atoms with Gasteiger partial charge in [-0.15, -0.1) is 4.74 Å². The number of carbonyl (C=O) groups excluding carboxylic acids is 2. The van der Waals surface area contributed by atoms with Crippen LogP contribution in [-0.4, -0.2) is 74.2 Å². The zero-order valence-corrected chi connectivity index (χ0v) is 51.4. The molecule has 0 spiro atoms. The molecule has 0 radical (unpaired) electrons. The molecule has 1 aliphatic heterocycles. The van der Waals surface area contributed by atoms with Gasteiger partial charge < -0.3 is 19.0 Å². The number of aromatic nitrogens is 6. The van der Waals surface area contributed by atoms with Crippen molar-refractivity contribution >= 4 is 30.1 Å². The third kappa shape index (κ3) is 11.1. The third-order valence-electron chi connectivity index (χ3n) is 15.9. The van der Waals surface area contributed by atoms with E-state index < -0.39 is 35.2 Å². The van der Waals surface area contributed by atoms with Gasteiger partial charge >= 0.3 is 13.0 Å². The minimum absolute atomic E-state index is 0. The summed E-state index contributed by atoms with van der Waals surface area (Å²) in [6, 6.07) is 38.2. The zero-order valence-electron chi connectivity index (χ0n) is 48.4. The van der Waals surface area contributed by atoms with Crippen molar-refractivity contribution in [3.63, 3.8) is 0 Å². The van der Waals surface area contributed by atoms with E-state index >= 15 is 0 Å². The van der Waals surface area contributed by atoms with E-state index in [2.05, 4.69) is 167 Å². The number of hydrogen-bond acceptors (Lipinski definition) is 7. The molecule has 0 saturated carbocycles. The number of aryl methyl sites for hydroxylation is 4. The first-order valence-corrected chi connectivity index (χ1v) is 26.7. The summed E-state index contributed by atoms with van der Waals surface area (Å²) < 4.78 is 8.01. The first-order valence-electron chi connectivity index (χ1n) is 26.7. The van der Waals surface area contributed by atoms with E-state index in [-0.39, 0.29) is 25.3 Å². The normalized spacial score (nSPS) is 15.4. The maximum absolute atomic E-state index is 13.0. The fraction of sp³-hybridized carbons (Fsp3) is 0.365. The van der Waals surface area contributed by atoms with Gasteiger partial charge in [-0.3, -0.25) is 9.59 Å². The van der Waals surface area contributed by atoms with Gasteiger partial charge in [-0.25, -0.2) is 15.3 Å². The number of carbonyl (C=O) groups is 2. The fourth-order valence-electron chi connectivity index (χ4n) is 10.1. The number of allylic oxidation sites excluding steroid dienone is 4. The van der Waals surface area contributed by atoms with E-state index in [4.69, 9.17) is 15.3 Å². The fourth-order valence-corrected chi connectivity index (χ4v) is 10.1. The van der Waals surface area contributed by atoms with E-state index in [1.165, 1.54) is 22.8 Å². The molecule has 2 aliphatic rings. The third-order valence-corrected chi connectivity index (χ3v) is 15.9. The molecule has 3 aromatic heterocycles. The van der Waals surface area contributed by atoms with E-state index in [1.54, 1.807) is 45.9 Å². The van der Waals surface area contributed by atoms with Crippen molar-refractivity contribution in [1.29, 1.82) is 0 Å². The Balaban J connectivity index is 0.000000241. The Morgan fingerprint density at radius 3 is 1.22 bits per heavy atom. The van der Waals surface area contributed by atoms with Crippen LogP contribution in [0.25, 0.3) is 39.3 Å². The van der Waals surface area contributed by atoms with E-state index in [0.29, 0.717) is 34.5 Å². The molecule has 0 saturated heterocycles. The number of Topliss-reactive ketones (excluding diaryl/α,β-unsaturated/α-hetero) is 1. The Hall–Kier alpha value is -6.91. The number of nitroso groups, excluding NO2 is 1. The molecule has 0 atom stereocenters. The molecule has 4 heterocycles. The van der Waals surface area contributed by atoms with E-state index in [9.17, 15) is 19.7 Å². The first kappa shape index (κ1) is 57.8. The van der Waals surface area contributed by atoms with Crippen molar-refractivity contribution in [2.75, 3.05) is 0 Å². The van der Waals surface area contributed by atoms with Crippen molar-refractivity contribution < 1.29 is 38.6 Å². The number of hydroxylamine groups is 1. The van der Waals surface area contributed by atoms with Gasteiger partial charge in [0.05, 0.1) is 17.1 Å². The standard InChI is InChI=1S/C39H46BN6.C24H29N2O4.Zn/c1-25(2)31-10-16-34(17-11-31)37-22-28(7)44(41-37)40(45-29(8)23-38(42-45)35-18-12-32(13-19-35)26(3)4)46-30(9)24-39(43-46)36-20-14-33(15-21-36)27(5)6;1-14-11-15(16-12-18(22(2,3)4)20(28)19(27)13-16)9-10-17(14)21-25(29)23(5,6)24(7,8)26(21)30;/h10-27,40H,1-9H3;9-13H,1-8H3;/q-1;+1;. The Labute approximate surface area is 468 Å². The minimum atomic E-state index is -1.61. The number of amidine groups is 1. The smallest absolute Gasteiger partial charge is 0.505 e. The molecule has 7 aromatic rings. The van der Waals surface area contributed by atoms with Crippen LogP contribution in [0.15, 0.2) is 127 Å². The van der Waals surface area contributed by atoms with Crippen molar-refractivity contribution in [3.05, 3.63) is 187 Å². The molecule has 0 bridgehead atoms. The largest absolute Gasteiger partial charge is 0.618 e. The molecular weight excluding hydrogens is 1010 g/mol. The Morgan fingerprint density at radius 1 is 0.545 bits per heavy atom. The summed E-state index contributed by atoms with van der Waals surface area (Å²) in [5.74, 6) is 0.528. The number of nitrogens with zero attached hydrogens (tertiary/aromatic N) is 8. The van der Waals surface area contributed by atoms with Crippen molar-refractivity contribution in [2.24, 2.45) is 5.41 Å². The van der Waals surface area contributed by atoms with Crippen LogP contribution in [0.5, 0.6) is 0 Å².